The monoisotopic (exact) mass is 729 g/mol. The number of imidazole rings is 2. The van der Waals surface area contributed by atoms with Crippen molar-refractivity contribution in [3.05, 3.63) is 65.1 Å². The molecule has 5 aromatic rings. The summed E-state index contributed by atoms with van der Waals surface area (Å²) >= 11 is 0. The zero-order valence-corrected chi connectivity index (χ0v) is 31.7. The fraction of sp³-hybridized carbons (Fsp3) is 0.400. The molecule has 0 saturated carbocycles. The number of nitrogens with two attached hydrogens (primary N) is 3. The van der Waals surface area contributed by atoms with Gasteiger partial charge in [-0.15, -0.1) is 0 Å². The van der Waals surface area contributed by atoms with Gasteiger partial charge in [0.05, 0.1) is 23.4 Å². The molecule has 5 rings (SSSR count). The lowest BCUT2D eigenvalue weighted by Gasteiger charge is -2.36. The van der Waals surface area contributed by atoms with Crippen molar-refractivity contribution in [3.8, 4) is 5.75 Å². The summed E-state index contributed by atoms with van der Waals surface area (Å²) in [6.07, 6.45) is 5.75. The summed E-state index contributed by atoms with van der Waals surface area (Å²) in [5.41, 5.74) is 20.9. The molecule has 0 spiro atoms. The molecular weight excluding hydrogens is 683 g/mol. The summed E-state index contributed by atoms with van der Waals surface area (Å²) in [5, 5.41) is 7.33. The van der Waals surface area contributed by atoms with Gasteiger partial charge in [-0.25, -0.2) is 15.0 Å². The molecular formula is C35H47N11O5Si. The molecule has 4 aromatic heterocycles. The number of anilines is 2. The van der Waals surface area contributed by atoms with Crippen molar-refractivity contribution in [2.75, 3.05) is 24.3 Å². The van der Waals surface area contributed by atoms with Crippen LogP contribution in [-0.2, 0) is 24.1 Å². The first-order chi connectivity index (χ1) is 24.5. The van der Waals surface area contributed by atoms with Crippen molar-refractivity contribution in [2.45, 2.75) is 78.8 Å². The molecule has 0 fully saturated rings. The van der Waals surface area contributed by atoms with Crippen LogP contribution in [0.3, 0.4) is 0 Å². The quantitative estimate of drug-likeness (QED) is 0.0675. The topological polar surface area (TPSA) is 226 Å². The van der Waals surface area contributed by atoms with Gasteiger partial charge in [-0.1, -0.05) is 32.9 Å². The van der Waals surface area contributed by atoms with Crippen LogP contribution in [-0.4, -0.2) is 73.1 Å². The van der Waals surface area contributed by atoms with Gasteiger partial charge in [-0.3, -0.25) is 28.9 Å². The minimum Gasteiger partial charge on any atom is -0.491 e. The van der Waals surface area contributed by atoms with Gasteiger partial charge in [-0.2, -0.15) is 5.10 Å². The Bertz CT molecular complexity index is 2170. The van der Waals surface area contributed by atoms with Crippen LogP contribution in [0.5, 0.6) is 5.75 Å². The lowest BCUT2D eigenvalue weighted by molar-refractivity contribution is 0.0991. The lowest BCUT2D eigenvalue weighted by Crippen LogP contribution is -2.41. The standard InChI is InChI=1S/C35H47N11O5Si/c1-8-46-26(16-21(2)43-46)32(49)42-34-41-25-18-23(30(37)48)20-39-31(25)45(34)13-10-9-12-44-28-24(40-33(44)38)17-22(29(36)47)19-27(28)50-14-11-15-51-52(6,7)35(3,4)5/h9-10,16-20H,8,11-15H2,1-7H3,(H2,36,47)(H2,37,48)(H2,38,40)(H,41,42,49). The number of primary amides is 2. The Kier molecular flexibility index (Phi) is 10.9. The molecule has 1 aromatic carbocycles. The number of nitrogens with zero attached hydrogens (tertiary/aromatic N) is 7. The highest BCUT2D eigenvalue weighted by Crippen LogP contribution is 2.36. The molecule has 0 saturated heterocycles. The Morgan fingerprint density at radius 2 is 1.62 bits per heavy atom. The van der Waals surface area contributed by atoms with Gasteiger partial charge >= 0.3 is 0 Å². The number of ether oxygens (including phenoxy) is 1. The maximum Gasteiger partial charge on any atom is 0.276 e. The summed E-state index contributed by atoms with van der Waals surface area (Å²) in [6.45, 7) is 16.6. The van der Waals surface area contributed by atoms with Gasteiger partial charge in [-0.05, 0) is 56.2 Å². The van der Waals surface area contributed by atoms with Crippen LogP contribution in [0.15, 0.2) is 42.6 Å². The van der Waals surface area contributed by atoms with E-state index in [1.807, 2.05) is 26.0 Å². The number of carbonyl (C=O) groups excluding carboxylic acids is 3. The van der Waals surface area contributed by atoms with E-state index in [-0.39, 0.29) is 34.6 Å². The minimum atomic E-state index is -1.91. The number of pyridine rings is 1. The van der Waals surface area contributed by atoms with E-state index in [1.165, 1.54) is 12.3 Å². The predicted molar refractivity (Wildman–Crippen MR) is 202 cm³/mol. The van der Waals surface area contributed by atoms with Crippen molar-refractivity contribution >= 4 is 60.1 Å². The normalized spacial score (nSPS) is 12.3. The van der Waals surface area contributed by atoms with Gasteiger partial charge in [0.1, 0.15) is 22.5 Å². The van der Waals surface area contributed by atoms with E-state index in [1.54, 1.807) is 32.0 Å². The van der Waals surface area contributed by atoms with Gasteiger partial charge in [0, 0.05) is 44.4 Å². The van der Waals surface area contributed by atoms with E-state index in [2.05, 4.69) is 59.2 Å². The molecule has 0 bridgehead atoms. The Balaban J connectivity index is 1.39. The first kappa shape index (κ1) is 37.7. The number of hydrogen-bond acceptors (Lipinski definition) is 10. The minimum absolute atomic E-state index is 0.0946. The Labute approximate surface area is 302 Å². The van der Waals surface area contributed by atoms with Crippen LogP contribution in [0.2, 0.25) is 18.1 Å². The van der Waals surface area contributed by atoms with Crippen molar-refractivity contribution in [2.24, 2.45) is 11.5 Å². The third-order valence-electron chi connectivity index (χ3n) is 9.21. The first-order valence-electron chi connectivity index (χ1n) is 17.0. The Morgan fingerprint density at radius 3 is 2.27 bits per heavy atom. The number of rotatable bonds is 15. The number of amides is 3. The zero-order valence-electron chi connectivity index (χ0n) is 30.7. The number of fused-ring (bicyclic) bond motifs is 2. The first-order valence-corrected chi connectivity index (χ1v) is 19.9. The highest BCUT2D eigenvalue weighted by molar-refractivity contribution is 6.74. The van der Waals surface area contributed by atoms with Crippen LogP contribution < -0.4 is 27.3 Å². The third-order valence-corrected chi connectivity index (χ3v) is 13.7. The number of carbonyl (C=O) groups is 3. The maximum absolute atomic E-state index is 13.3. The molecule has 0 aliphatic rings. The van der Waals surface area contributed by atoms with Crippen LogP contribution in [0.4, 0.5) is 11.9 Å². The van der Waals surface area contributed by atoms with Gasteiger partial charge in [0.25, 0.3) is 5.91 Å². The number of aryl methyl sites for hydroxylation is 2. The summed E-state index contributed by atoms with van der Waals surface area (Å²) in [7, 11) is -1.91. The smallest absolute Gasteiger partial charge is 0.276 e. The Hall–Kier alpha value is -5.55. The van der Waals surface area contributed by atoms with Crippen molar-refractivity contribution in [3.63, 3.8) is 0 Å². The van der Waals surface area contributed by atoms with E-state index in [0.717, 1.165) is 0 Å². The number of nitrogen functional groups attached to an aromatic ring is 1. The molecule has 0 unspecified atom stereocenters. The van der Waals surface area contributed by atoms with Gasteiger partial charge in [0.15, 0.2) is 14.0 Å². The number of aromatic nitrogens is 7. The molecule has 17 heteroatoms. The highest BCUT2D eigenvalue weighted by Gasteiger charge is 2.36. The number of benzene rings is 1. The van der Waals surface area contributed by atoms with Crippen LogP contribution in [0, 0.1) is 6.92 Å². The van der Waals surface area contributed by atoms with Gasteiger partial charge in [0.2, 0.25) is 23.7 Å². The van der Waals surface area contributed by atoms with E-state index in [0.29, 0.717) is 72.1 Å². The fourth-order valence-corrected chi connectivity index (χ4v) is 6.47. The average molecular weight is 730 g/mol. The zero-order chi connectivity index (χ0) is 38.0. The third kappa shape index (κ3) is 7.99. The summed E-state index contributed by atoms with van der Waals surface area (Å²) in [5.74, 6) is -0.782. The molecule has 52 heavy (non-hydrogen) atoms. The SMILES string of the molecule is CCn1nc(C)cc1C(=O)Nc1nc2cc(C(N)=O)cnc2n1CC=CCn1c(N)nc2cc(C(N)=O)cc(OCCCO[Si](C)(C)C(C)(C)C)c21. The predicted octanol–water partition coefficient (Wildman–Crippen LogP) is 4.39. The molecule has 4 heterocycles. The molecule has 3 amide bonds. The molecule has 0 atom stereocenters. The van der Waals surface area contributed by atoms with E-state index in [4.69, 9.17) is 26.4 Å². The molecule has 0 aliphatic heterocycles. The van der Waals surface area contributed by atoms with Crippen LogP contribution in [0.25, 0.3) is 22.2 Å². The van der Waals surface area contributed by atoms with E-state index >= 15 is 0 Å². The number of nitrogens with one attached hydrogen (secondary N) is 1. The second-order valence-corrected chi connectivity index (χ2v) is 18.8. The summed E-state index contributed by atoms with van der Waals surface area (Å²) in [6, 6.07) is 6.42. The van der Waals surface area contributed by atoms with Crippen LogP contribution >= 0.6 is 0 Å². The second-order valence-electron chi connectivity index (χ2n) is 14.0. The molecule has 0 aliphatic carbocycles. The average Bonchev–Trinajstić information content (AvgIpc) is 3.73. The number of hydrogen-bond donors (Lipinski definition) is 4. The van der Waals surface area contributed by atoms with Crippen molar-refractivity contribution in [1.82, 2.24) is 33.9 Å². The fourth-order valence-electron chi connectivity index (χ4n) is 5.38. The lowest BCUT2D eigenvalue weighted by atomic mass is 10.1. The van der Waals surface area contributed by atoms with E-state index in [9.17, 15) is 14.4 Å². The largest absolute Gasteiger partial charge is 0.491 e. The Morgan fingerprint density at radius 1 is 0.942 bits per heavy atom. The second kappa shape index (κ2) is 15.0. The molecule has 16 nitrogen and oxygen atoms in total. The van der Waals surface area contributed by atoms with Crippen LogP contribution in [0.1, 0.15) is 71.0 Å². The van der Waals surface area contributed by atoms with E-state index < -0.39 is 26.0 Å². The summed E-state index contributed by atoms with van der Waals surface area (Å²) < 4.78 is 17.6. The molecule has 7 N–H and O–H groups in total. The molecule has 276 valence electrons. The maximum atomic E-state index is 13.3. The van der Waals surface area contributed by atoms with Crippen molar-refractivity contribution < 1.29 is 23.5 Å². The molecule has 0 radical (unpaired) electrons. The number of allylic oxidation sites excluding steroid dienone is 2. The highest BCUT2D eigenvalue weighted by atomic mass is 28.4. The summed E-state index contributed by atoms with van der Waals surface area (Å²) in [4.78, 5) is 50.8. The van der Waals surface area contributed by atoms with Crippen molar-refractivity contribution in [1.29, 1.82) is 0 Å². The van der Waals surface area contributed by atoms with Gasteiger partial charge < -0.3 is 30.9 Å².